The van der Waals surface area contributed by atoms with Gasteiger partial charge in [-0.3, -0.25) is 4.79 Å². The third-order valence-corrected chi connectivity index (χ3v) is 4.26. The van der Waals surface area contributed by atoms with Gasteiger partial charge in [-0.1, -0.05) is 19.1 Å². The SMILES string of the molecule is C[C@H](CC[C@H]1CCCO1)NC(=O)C[C@H](C)c1cccc(F)c1. The van der Waals surface area contributed by atoms with Gasteiger partial charge in [-0.05, 0) is 56.2 Å². The molecule has 1 aliphatic heterocycles. The smallest absolute Gasteiger partial charge is 0.220 e. The summed E-state index contributed by atoms with van der Waals surface area (Å²) in [4.78, 5) is 12.1. The van der Waals surface area contributed by atoms with E-state index in [0.717, 1.165) is 37.9 Å². The molecular weight excluding hydrogens is 281 g/mol. The molecule has 1 aliphatic rings. The van der Waals surface area contributed by atoms with Crippen LogP contribution >= 0.6 is 0 Å². The van der Waals surface area contributed by atoms with E-state index in [0.29, 0.717) is 12.5 Å². The first kappa shape index (κ1) is 16.9. The second-order valence-corrected chi connectivity index (χ2v) is 6.34. The highest BCUT2D eigenvalue weighted by molar-refractivity contribution is 5.77. The predicted octanol–water partition coefficient (Wildman–Crippen LogP) is 3.78. The minimum atomic E-state index is -0.255. The standard InChI is InChI=1S/C18H26FNO2/c1-13(15-5-3-6-16(19)12-15)11-18(21)20-14(2)8-9-17-7-4-10-22-17/h3,5-6,12-14,17H,4,7-11H2,1-2H3,(H,20,21)/t13-,14+,17+/m0/s1. The largest absolute Gasteiger partial charge is 0.378 e. The van der Waals surface area contributed by atoms with E-state index in [1.807, 2.05) is 19.9 Å². The molecule has 0 saturated carbocycles. The summed E-state index contributed by atoms with van der Waals surface area (Å²) < 4.78 is 18.8. The number of halogens is 1. The number of benzene rings is 1. The van der Waals surface area contributed by atoms with Crippen LogP contribution in [0.15, 0.2) is 24.3 Å². The fraction of sp³-hybridized carbons (Fsp3) is 0.611. The van der Waals surface area contributed by atoms with Crippen LogP contribution in [0, 0.1) is 5.82 Å². The minimum Gasteiger partial charge on any atom is -0.378 e. The third kappa shape index (κ3) is 5.41. The summed E-state index contributed by atoms with van der Waals surface area (Å²) in [5.41, 5.74) is 0.863. The lowest BCUT2D eigenvalue weighted by Gasteiger charge is -2.18. The maximum absolute atomic E-state index is 13.2. The van der Waals surface area contributed by atoms with Gasteiger partial charge >= 0.3 is 0 Å². The Labute approximate surface area is 132 Å². The molecule has 0 radical (unpaired) electrons. The molecule has 3 nitrogen and oxygen atoms in total. The van der Waals surface area contributed by atoms with Crippen LogP contribution in [0.3, 0.4) is 0 Å². The van der Waals surface area contributed by atoms with E-state index in [2.05, 4.69) is 5.32 Å². The van der Waals surface area contributed by atoms with E-state index >= 15 is 0 Å². The van der Waals surface area contributed by atoms with Crippen LogP contribution in [-0.2, 0) is 9.53 Å². The van der Waals surface area contributed by atoms with Gasteiger partial charge in [0, 0.05) is 19.1 Å². The Kier molecular flexibility index (Phi) is 6.37. The number of hydrogen-bond acceptors (Lipinski definition) is 2. The van der Waals surface area contributed by atoms with Gasteiger partial charge in [-0.25, -0.2) is 4.39 Å². The molecule has 0 aromatic heterocycles. The van der Waals surface area contributed by atoms with Gasteiger partial charge in [-0.2, -0.15) is 0 Å². The zero-order chi connectivity index (χ0) is 15.9. The summed E-state index contributed by atoms with van der Waals surface area (Å²) in [7, 11) is 0. The van der Waals surface area contributed by atoms with Crippen molar-refractivity contribution in [3.8, 4) is 0 Å². The van der Waals surface area contributed by atoms with Crippen molar-refractivity contribution in [2.75, 3.05) is 6.61 Å². The Morgan fingerprint density at radius 3 is 2.95 bits per heavy atom. The Morgan fingerprint density at radius 1 is 1.45 bits per heavy atom. The van der Waals surface area contributed by atoms with Crippen molar-refractivity contribution >= 4 is 5.91 Å². The molecule has 0 aliphatic carbocycles. The first-order chi connectivity index (χ1) is 10.5. The van der Waals surface area contributed by atoms with Crippen molar-refractivity contribution in [3.63, 3.8) is 0 Å². The lowest BCUT2D eigenvalue weighted by Crippen LogP contribution is -2.33. The zero-order valence-corrected chi connectivity index (χ0v) is 13.5. The highest BCUT2D eigenvalue weighted by atomic mass is 19.1. The van der Waals surface area contributed by atoms with Crippen LogP contribution < -0.4 is 5.32 Å². The minimum absolute atomic E-state index is 0.0149. The lowest BCUT2D eigenvalue weighted by atomic mass is 9.97. The summed E-state index contributed by atoms with van der Waals surface area (Å²) in [5.74, 6) is -0.215. The predicted molar refractivity (Wildman–Crippen MR) is 85.2 cm³/mol. The van der Waals surface area contributed by atoms with Crippen LogP contribution in [0.1, 0.15) is 57.4 Å². The average Bonchev–Trinajstić information content (AvgIpc) is 2.98. The quantitative estimate of drug-likeness (QED) is 0.832. The maximum atomic E-state index is 13.2. The molecule has 0 unspecified atom stereocenters. The fourth-order valence-corrected chi connectivity index (χ4v) is 2.92. The maximum Gasteiger partial charge on any atom is 0.220 e. The van der Waals surface area contributed by atoms with E-state index in [1.54, 1.807) is 6.07 Å². The van der Waals surface area contributed by atoms with Gasteiger partial charge in [0.05, 0.1) is 6.10 Å². The zero-order valence-electron chi connectivity index (χ0n) is 13.5. The number of hydrogen-bond donors (Lipinski definition) is 1. The molecule has 3 atom stereocenters. The van der Waals surface area contributed by atoms with Crippen LogP contribution in [0.4, 0.5) is 4.39 Å². The van der Waals surface area contributed by atoms with Gasteiger partial charge < -0.3 is 10.1 Å². The molecule has 1 N–H and O–H groups in total. The molecule has 0 spiro atoms. The molecule has 1 fully saturated rings. The molecule has 2 rings (SSSR count). The number of carbonyl (C=O) groups excluding carboxylic acids is 1. The number of ether oxygens (including phenoxy) is 1. The fourth-order valence-electron chi connectivity index (χ4n) is 2.92. The Balaban J connectivity index is 1.72. The Morgan fingerprint density at radius 2 is 2.27 bits per heavy atom. The lowest BCUT2D eigenvalue weighted by molar-refractivity contribution is -0.122. The van der Waals surface area contributed by atoms with Crippen LogP contribution in [0.5, 0.6) is 0 Å². The van der Waals surface area contributed by atoms with Crippen LogP contribution in [-0.4, -0.2) is 24.7 Å². The number of amides is 1. The summed E-state index contributed by atoms with van der Waals surface area (Å²) in [6, 6.07) is 6.62. The Hall–Kier alpha value is -1.42. The Bertz CT molecular complexity index is 486. The van der Waals surface area contributed by atoms with E-state index in [-0.39, 0.29) is 23.7 Å². The molecule has 1 amide bonds. The van der Waals surface area contributed by atoms with Crippen molar-refractivity contribution in [1.82, 2.24) is 5.32 Å². The summed E-state index contributed by atoms with van der Waals surface area (Å²) in [5, 5.41) is 3.03. The van der Waals surface area contributed by atoms with Crippen molar-refractivity contribution in [1.29, 1.82) is 0 Å². The van der Waals surface area contributed by atoms with Crippen molar-refractivity contribution < 1.29 is 13.9 Å². The van der Waals surface area contributed by atoms with E-state index < -0.39 is 0 Å². The molecule has 122 valence electrons. The van der Waals surface area contributed by atoms with Gasteiger partial charge in [0.15, 0.2) is 0 Å². The second-order valence-electron chi connectivity index (χ2n) is 6.34. The molecule has 4 heteroatoms. The van der Waals surface area contributed by atoms with E-state index in [1.165, 1.54) is 12.1 Å². The molecule has 0 bridgehead atoms. The number of rotatable bonds is 7. The molecule has 1 aromatic rings. The van der Waals surface area contributed by atoms with Gasteiger partial charge in [0.1, 0.15) is 5.82 Å². The molecule has 1 heterocycles. The first-order valence-corrected chi connectivity index (χ1v) is 8.21. The second kappa shape index (κ2) is 8.28. The highest BCUT2D eigenvalue weighted by Crippen LogP contribution is 2.20. The van der Waals surface area contributed by atoms with E-state index in [4.69, 9.17) is 4.74 Å². The number of carbonyl (C=O) groups is 1. The van der Waals surface area contributed by atoms with Crippen LogP contribution in [0.25, 0.3) is 0 Å². The highest BCUT2D eigenvalue weighted by Gasteiger charge is 2.18. The third-order valence-electron chi connectivity index (χ3n) is 4.26. The van der Waals surface area contributed by atoms with Crippen molar-refractivity contribution in [2.45, 2.75) is 64.0 Å². The van der Waals surface area contributed by atoms with Gasteiger partial charge in [-0.15, -0.1) is 0 Å². The van der Waals surface area contributed by atoms with Gasteiger partial charge in [0.2, 0.25) is 5.91 Å². The summed E-state index contributed by atoms with van der Waals surface area (Å²) in [6.45, 7) is 4.85. The molecule has 1 saturated heterocycles. The van der Waals surface area contributed by atoms with Crippen molar-refractivity contribution in [2.24, 2.45) is 0 Å². The average molecular weight is 307 g/mol. The molecular formula is C18H26FNO2. The van der Waals surface area contributed by atoms with Crippen molar-refractivity contribution in [3.05, 3.63) is 35.6 Å². The summed E-state index contributed by atoms with van der Waals surface area (Å²) in [6.07, 6.45) is 4.97. The normalized spacial score (nSPS) is 20.6. The molecule has 22 heavy (non-hydrogen) atoms. The molecule has 1 aromatic carbocycles. The van der Waals surface area contributed by atoms with Gasteiger partial charge in [0.25, 0.3) is 0 Å². The van der Waals surface area contributed by atoms with E-state index in [9.17, 15) is 9.18 Å². The summed E-state index contributed by atoms with van der Waals surface area (Å²) >= 11 is 0. The van der Waals surface area contributed by atoms with Crippen LogP contribution in [0.2, 0.25) is 0 Å². The monoisotopic (exact) mass is 307 g/mol. The number of nitrogens with one attached hydrogen (secondary N) is 1. The topological polar surface area (TPSA) is 38.3 Å². The first-order valence-electron chi connectivity index (χ1n) is 8.21.